The highest BCUT2D eigenvalue weighted by molar-refractivity contribution is 9.10. The van der Waals surface area contributed by atoms with E-state index in [2.05, 4.69) is 58.9 Å². The largest absolute Gasteiger partial charge is 0.395 e. The van der Waals surface area contributed by atoms with E-state index in [1.54, 1.807) is 6.33 Å². The highest BCUT2D eigenvalue weighted by Crippen LogP contribution is 2.32. The molecular formula is C17H20BrN5O. The van der Waals surface area contributed by atoms with Crippen LogP contribution in [0.5, 0.6) is 0 Å². The Morgan fingerprint density at radius 3 is 2.96 bits per heavy atom. The second-order valence-electron chi connectivity index (χ2n) is 6.14. The molecule has 0 bridgehead atoms. The van der Waals surface area contributed by atoms with Gasteiger partial charge in [-0.1, -0.05) is 22.0 Å². The van der Waals surface area contributed by atoms with Crippen molar-refractivity contribution < 1.29 is 5.11 Å². The van der Waals surface area contributed by atoms with Crippen molar-refractivity contribution in [2.45, 2.75) is 6.42 Å². The van der Waals surface area contributed by atoms with E-state index in [0.717, 1.165) is 71.4 Å². The number of H-pyrrole nitrogens is 1. The molecule has 1 fully saturated rings. The Hall–Kier alpha value is -1.70. The maximum atomic E-state index is 9.16. The second-order valence-corrected chi connectivity index (χ2v) is 7.06. The van der Waals surface area contributed by atoms with E-state index in [9.17, 15) is 0 Å². The van der Waals surface area contributed by atoms with Crippen LogP contribution in [0.3, 0.4) is 0 Å². The Bertz CT molecular complexity index is 865. The molecule has 6 nitrogen and oxygen atoms in total. The average Bonchev–Trinajstić information content (AvgIpc) is 2.78. The van der Waals surface area contributed by atoms with Gasteiger partial charge in [-0.2, -0.15) is 0 Å². The van der Waals surface area contributed by atoms with Crippen molar-refractivity contribution in [3.8, 4) is 0 Å². The van der Waals surface area contributed by atoms with Gasteiger partial charge in [-0.25, -0.2) is 9.97 Å². The van der Waals surface area contributed by atoms with Gasteiger partial charge in [0.05, 0.1) is 12.0 Å². The van der Waals surface area contributed by atoms with Gasteiger partial charge in [0, 0.05) is 41.6 Å². The minimum absolute atomic E-state index is 0.217. The zero-order valence-corrected chi connectivity index (χ0v) is 15.0. The van der Waals surface area contributed by atoms with Crippen LogP contribution in [0, 0.1) is 0 Å². The van der Waals surface area contributed by atoms with Crippen LogP contribution in [0.25, 0.3) is 21.9 Å². The molecule has 126 valence electrons. The highest BCUT2D eigenvalue weighted by Gasteiger charge is 2.20. The number of fused-ring (bicyclic) bond motifs is 3. The molecule has 0 radical (unpaired) electrons. The third-order valence-electron chi connectivity index (χ3n) is 4.64. The Labute approximate surface area is 148 Å². The molecule has 2 aromatic heterocycles. The quantitative estimate of drug-likeness (QED) is 0.719. The molecule has 0 saturated carbocycles. The molecule has 1 aliphatic heterocycles. The number of aromatic amines is 1. The number of rotatable bonds is 3. The summed E-state index contributed by atoms with van der Waals surface area (Å²) in [6.45, 7) is 4.81. The fourth-order valence-corrected chi connectivity index (χ4v) is 3.83. The van der Waals surface area contributed by atoms with Crippen molar-refractivity contribution in [1.82, 2.24) is 19.9 Å². The van der Waals surface area contributed by atoms with Crippen molar-refractivity contribution in [3.63, 3.8) is 0 Å². The minimum atomic E-state index is 0.217. The molecule has 0 spiro atoms. The van der Waals surface area contributed by atoms with E-state index >= 15 is 0 Å². The van der Waals surface area contributed by atoms with E-state index in [1.165, 1.54) is 0 Å². The summed E-state index contributed by atoms with van der Waals surface area (Å²) in [5, 5.41) is 11.4. The third-order valence-corrected chi connectivity index (χ3v) is 5.13. The van der Waals surface area contributed by atoms with Gasteiger partial charge < -0.3 is 15.0 Å². The van der Waals surface area contributed by atoms with Crippen molar-refractivity contribution >= 4 is 43.7 Å². The SMILES string of the molecule is OCCN1CCCN(c2ncnc3[nH]c4cc(Br)ccc4c23)CC1. The number of nitrogens with zero attached hydrogens (tertiary/aromatic N) is 4. The second kappa shape index (κ2) is 6.66. The zero-order chi connectivity index (χ0) is 16.5. The first kappa shape index (κ1) is 15.8. The van der Waals surface area contributed by atoms with E-state index in [1.807, 2.05) is 0 Å². The Balaban J connectivity index is 1.75. The van der Waals surface area contributed by atoms with E-state index in [-0.39, 0.29) is 6.61 Å². The normalized spacial score (nSPS) is 16.8. The number of nitrogens with one attached hydrogen (secondary N) is 1. The summed E-state index contributed by atoms with van der Waals surface area (Å²) < 4.78 is 1.05. The molecule has 0 aliphatic carbocycles. The number of aromatic nitrogens is 3. The fraction of sp³-hybridized carbons (Fsp3) is 0.412. The molecule has 4 rings (SSSR count). The standard InChI is InChI=1S/C17H20BrN5O/c18-12-2-3-13-14(10-12)21-16-15(13)17(20-11-19-16)23-5-1-4-22(6-7-23)8-9-24/h2-3,10-11,24H,1,4-9H2,(H,19,20,21). The van der Waals surface area contributed by atoms with Crippen LogP contribution in [0.15, 0.2) is 29.0 Å². The number of aliphatic hydroxyl groups is 1. The van der Waals surface area contributed by atoms with E-state index < -0.39 is 0 Å². The Morgan fingerprint density at radius 2 is 2.08 bits per heavy atom. The van der Waals surface area contributed by atoms with Gasteiger partial charge in [-0.3, -0.25) is 4.90 Å². The lowest BCUT2D eigenvalue weighted by atomic mass is 10.2. The van der Waals surface area contributed by atoms with Gasteiger partial charge in [-0.15, -0.1) is 0 Å². The van der Waals surface area contributed by atoms with Crippen LogP contribution in [0.4, 0.5) is 5.82 Å². The van der Waals surface area contributed by atoms with Crippen LogP contribution in [0.2, 0.25) is 0 Å². The molecule has 0 unspecified atom stereocenters. The number of hydrogen-bond donors (Lipinski definition) is 2. The summed E-state index contributed by atoms with van der Waals surface area (Å²) in [7, 11) is 0. The average molecular weight is 390 g/mol. The first-order chi connectivity index (χ1) is 11.8. The number of aliphatic hydroxyl groups excluding tert-OH is 1. The zero-order valence-electron chi connectivity index (χ0n) is 13.4. The summed E-state index contributed by atoms with van der Waals surface area (Å²) in [5.41, 5.74) is 1.95. The molecule has 1 aromatic carbocycles. The molecule has 1 saturated heterocycles. The summed E-state index contributed by atoms with van der Waals surface area (Å²) >= 11 is 3.52. The first-order valence-corrected chi connectivity index (χ1v) is 9.05. The minimum Gasteiger partial charge on any atom is -0.395 e. The maximum absolute atomic E-state index is 9.16. The Morgan fingerprint density at radius 1 is 1.17 bits per heavy atom. The van der Waals surface area contributed by atoms with Crippen LogP contribution in [0.1, 0.15) is 6.42 Å². The molecule has 0 amide bonds. The van der Waals surface area contributed by atoms with Crippen molar-refractivity contribution in [3.05, 3.63) is 29.0 Å². The predicted molar refractivity (Wildman–Crippen MR) is 99.5 cm³/mol. The molecule has 1 aliphatic rings. The number of β-amino-alcohol motifs (C(OH)–C–C–N with tert-alkyl or cyclic N) is 1. The van der Waals surface area contributed by atoms with Crippen molar-refractivity contribution in [2.24, 2.45) is 0 Å². The molecular weight excluding hydrogens is 370 g/mol. The van der Waals surface area contributed by atoms with Gasteiger partial charge in [0.15, 0.2) is 0 Å². The summed E-state index contributed by atoms with van der Waals surface area (Å²) in [6.07, 6.45) is 2.71. The molecule has 24 heavy (non-hydrogen) atoms. The number of halogens is 1. The summed E-state index contributed by atoms with van der Waals surface area (Å²) in [6, 6.07) is 6.24. The number of benzene rings is 1. The molecule has 7 heteroatoms. The van der Waals surface area contributed by atoms with E-state index in [4.69, 9.17) is 5.11 Å². The molecule has 0 atom stereocenters. The van der Waals surface area contributed by atoms with Crippen LogP contribution in [-0.4, -0.2) is 64.3 Å². The highest BCUT2D eigenvalue weighted by atomic mass is 79.9. The fourth-order valence-electron chi connectivity index (χ4n) is 3.47. The lowest BCUT2D eigenvalue weighted by Gasteiger charge is -2.23. The van der Waals surface area contributed by atoms with Crippen LogP contribution >= 0.6 is 15.9 Å². The van der Waals surface area contributed by atoms with Crippen molar-refractivity contribution in [2.75, 3.05) is 44.2 Å². The summed E-state index contributed by atoms with van der Waals surface area (Å²) in [5.74, 6) is 0.999. The van der Waals surface area contributed by atoms with Gasteiger partial charge in [0.25, 0.3) is 0 Å². The van der Waals surface area contributed by atoms with Crippen LogP contribution in [-0.2, 0) is 0 Å². The molecule has 3 heterocycles. The first-order valence-electron chi connectivity index (χ1n) is 8.26. The lowest BCUT2D eigenvalue weighted by Crippen LogP contribution is -2.32. The topological polar surface area (TPSA) is 68.3 Å². The maximum Gasteiger partial charge on any atom is 0.143 e. The van der Waals surface area contributed by atoms with Gasteiger partial charge in [-0.05, 0) is 25.1 Å². The van der Waals surface area contributed by atoms with Gasteiger partial charge in [0.2, 0.25) is 0 Å². The number of anilines is 1. The number of hydrogen-bond acceptors (Lipinski definition) is 5. The van der Waals surface area contributed by atoms with Gasteiger partial charge in [0.1, 0.15) is 17.8 Å². The van der Waals surface area contributed by atoms with Gasteiger partial charge >= 0.3 is 0 Å². The van der Waals surface area contributed by atoms with Crippen LogP contribution < -0.4 is 4.90 Å². The molecule has 3 aromatic rings. The van der Waals surface area contributed by atoms with Crippen molar-refractivity contribution in [1.29, 1.82) is 0 Å². The lowest BCUT2D eigenvalue weighted by molar-refractivity contribution is 0.204. The summed E-state index contributed by atoms with van der Waals surface area (Å²) in [4.78, 5) is 17.1. The molecule has 2 N–H and O–H groups in total. The monoisotopic (exact) mass is 389 g/mol. The smallest absolute Gasteiger partial charge is 0.143 e. The third kappa shape index (κ3) is 2.87. The Kier molecular flexibility index (Phi) is 4.39. The predicted octanol–water partition coefficient (Wildman–Crippen LogP) is 2.38. The van der Waals surface area contributed by atoms with E-state index in [0.29, 0.717) is 0 Å².